The van der Waals surface area contributed by atoms with E-state index < -0.39 is 0 Å². The van der Waals surface area contributed by atoms with Gasteiger partial charge < -0.3 is 0 Å². The molecule has 0 aromatic carbocycles. The lowest BCUT2D eigenvalue weighted by Crippen LogP contribution is -2.49. The van der Waals surface area contributed by atoms with E-state index in [9.17, 15) is 0 Å². The molecule has 1 heterocycles. The summed E-state index contributed by atoms with van der Waals surface area (Å²) < 4.78 is 0. The SMILES string of the molecule is CC1CN(C(C)C2=C/C=C\C=C/C=C2)CCC1NP. The van der Waals surface area contributed by atoms with Crippen molar-refractivity contribution >= 4 is 9.39 Å². The van der Waals surface area contributed by atoms with Crippen LogP contribution in [0.4, 0.5) is 0 Å². The molecule has 2 aliphatic rings. The second-order valence-electron chi connectivity index (χ2n) is 5.51. The van der Waals surface area contributed by atoms with Gasteiger partial charge in [-0.25, -0.2) is 0 Å². The molecule has 0 aromatic heterocycles. The van der Waals surface area contributed by atoms with Gasteiger partial charge in [0.2, 0.25) is 0 Å². The Morgan fingerprint density at radius 2 is 2.00 bits per heavy atom. The van der Waals surface area contributed by atoms with E-state index in [4.69, 9.17) is 0 Å². The Bertz CT molecular complexity index is 409. The molecule has 1 N–H and O–H groups in total. The Hall–Kier alpha value is -0.690. The summed E-state index contributed by atoms with van der Waals surface area (Å²) in [7, 11) is 2.67. The van der Waals surface area contributed by atoms with Gasteiger partial charge in [0.05, 0.1) is 0 Å². The molecule has 0 amide bonds. The van der Waals surface area contributed by atoms with Gasteiger partial charge in [0, 0.05) is 25.2 Å². The number of rotatable bonds is 3. The summed E-state index contributed by atoms with van der Waals surface area (Å²) in [5.41, 5.74) is 1.39. The van der Waals surface area contributed by atoms with E-state index in [0.29, 0.717) is 18.0 Å². The first-order valence-corrected chi connectivity index (χ1v) is 7.72. The highest BCUT2D eigenvalue weighted by molar-refractivity contribution is 7.13. The second kappa shape index (κ2) is 7.19. The Morgan fingerprint density at radius 1 is 1.26 bits per heavy atom. The molecule has 0 bridgehead atoms. The zero-order valence-electron chi connectivity index (χ0n) is 11.9. The van der Waals surface area contributed by atoms with Crippen LogP contribution in [0.5, 0.6) is 0 Å². The maximum absolute atomic E-state index is 3.35. The summed E-state index contributed by atoms with van der Waals surface area (Å²) in [6.07, 6.45) is 16.2. The normalized spacial score (nSPS) is 33.1. The number of nitrogens with one attached hydrogen (secondary N) is 1. The average molecular weight is 276 g/mol. The summed E-state index contributed by atoms with van der Waals surface area (Å²) in [5, 5.41) is 3.35. The molecule has 1 fully saturated rings. The van der Waals surface area contributed by atoms with E-state index in [1.165, 1.54) is 18.5 Å². The molecular weight excluding hydrogens is 251 g/mol. The van der Waals surface area contributed by atoms with Crippen molar-refractivity contribution in [1.29, 1.82) is 0 Å². The van der Waals surface area contributed by atoms with Gasteiger partial charge >= 0.3 is 0 Å². The highest BCUT2D eigenvalue weighted by Crippen LogP contribution is 2.23. The minimum Gasteiger partial charge on any atom is -0.297 e. The topological polar surface area (TPSA) is 15.3 Å². The molecule has 19 heavy (non-hydrogen) atoms. The first-order chi connectivity index (χ1) is 9.22. The third kappa shape index (κ3) is 3.89. The highest BCUT2D eigenvalue weighted by atomic mass is 31.0. The summed E-state index contributed by atoms with van der Waals surface area (Å²) in [6.45, 7) is 6.99. The Kier molecular flexibility index (Phi) is 5.57. The molecule has 104 valence electrons. The molecule has 2 rings (SSSR count). The number of allylic oxidation sites excluding steroid dienone is 6. The molecule has 1 aliphatic heterocycles. The molecule has 1 saturated heterocycles. The van der Waals surface area contributed by atoms with Crippen molar-refractivity contribution in [3.63, 3.8) is 0 Å². The molecule has 0 aromatic rings. The van der Waals surface area contributed by atoms with Gasteiger partial charge in [-0.3, -0.25) is 9.99 Å². The number of hydrogen-bond donors (Lipinski definition) is 1. The van der Waals surface area contributed by atoms with Gasteiger partial charge in [-0.15, -0.1) is 0 Å². The largest absolute Gasteiger partial charge is 0.297 e. The minimum absolute atomic E-state index is 0.486. The lowest BCUT2D eigenvalue weighted by atomic mass is 9.92. The lowest BCUT2D eigenvalue weighted by Gasteiger charge is -2.40. The molecular formula is C16H25N2P. The molecule has 0 radical (unpaired) electrons. The third-order valence-electron chi connectivity index (χ3n) is 4.20. The fourth-order valence-electron chi connectivity index (χ4n) is 2.85. The van der Waals surface area contributed by atoms with E-state index >= 15 is 0 Å². The molecule has 2 nitrogen and oxygen atoms in total. The van der Waals surface area contributed by atoms with Gasteiger partial charge in [-0.05, 0) is 24.8 Å². The molecule has 4 unspecified atom stereocenters. The highest BCUT2D eigenvalue weighted by Gasteiger charge is 2.28. The van der Waals surface area contributed by atoms with Crippen molar-refractivity contribution in [3.05, 3.63) is 48.1 Å². The van der Waals surface area contributed by atoms with Gasteiger partial charge in [-0.2, -0.15) is 0 Å². The summed E-state index contributed by atoms with van der Waals surface area (Å²) in [4.78, 5) is 2.60. The number of likely N-dealkylation sites (tertiary alicyclic amines) is 1. The van der Waals surface area contributed by atoms with Gasteiger partial charge in [0.15, 0.2) is 0 Å². The van der Waals surface area contributed by atoms with Crippen molar-refractivity contribution in [3.8, 4) is 0 Å². The van der Waals surface area contributed by atoms with Crippen LogP contribution in [0.3, 0.4) is 0 Å². The van der Waals surface area contributed by atoms with E-state index in [1.807, 2.05) is 0 Å². The van der Waals surface area contributed by atoms with Crippen LogP contribution in [0.1, 0.15) is 20.3 Å². The van der Waals surface area contributed by atoms with Crippen LogP contribution in [0.15, 0.2) is 48.1 Å². The van der Waals surface area contributed by atoms with Crippen LogP contribution < -0.4 is 5.09 Å². The lowest BCUT2D eigenvalue weighted by molar-refractivity contribution is 0.136. The minimum atomic E-state index is 0.486. The van der Waals surface area contributed by atoms with Crippen LogP contribution in [0.2, 0.25) is 0 Å². The third-order valence-corrected chi connectivity index (χ3v) is 4.63. The first kappa shape index (κ1) is 14.7. The van der Waals surface area contributed by atoms with Crippen LogP contribution in [-0.4, -0.2) is 30.1 Å². The fourth-order valence-corrected chi connectivity index (χ4v) is 3.34. The van der Waals surface area contributed by atoms with E-state index in [0.717, 1.165) is 6.54 Å². The van der Waals surface area contributed by atoms with Crippen molar-refractivity contribution < 1.29 is 0 Å². The smallest absolute Gasteiger partial charge is 0.0320 e. The predicted octanol–water partition coefficient (Wildman–Crippen LogP) is 3.07. The number of nitrogens with zero attached hydrogens (tertiary/aromatic N) is 1. The predicted molar refractivity (Wildman–Crippen MR) is 87.0 cm³/mol. The first-order valence-electron chi connectivity index (χ1n) is 7.14. The molecule has 0 spiro atoms. The zero-order chi connectivity index (χ0) is 13.7. The van der Waals surface area contributed by atoms with Crippen molar-refractivity contribution in [2.24, 2.45) is 5.92 Å². The maximum Gasteiger partial charge on any atom is 0.0320 e. The Labute approximate surface area is 119 Å². The Morgan fingerprint density at radius 3 is 2.74 bits per heavy atom. The van der Waals surface area contributed by atoms with Crippen LogP contribution in [-0.2, 0) is 0 Å². The summed E-state index contributed by atoms with van der Waals surface area (Å²) in [5.74, 6) is 0.697. The van der Waals surface area contributed by atoms with E-state index in [1.54, 1.807) is 0 Å². The molecule has 3 heteroatoms. The fraction of sp³-hybridized carbons (Fsp3) is 0.500. The van der Waals surface area contributed by atoms with Crippen molar-refractivity contribution in [1.82, 2.24) is 9.99 Å². The second-order valence-corrected chi connectivity index (χ2v) is 5.84. The molecule has 1 aliphatic carbocycles. The van der Waals surface area contributed by atoms with Crippen LogP contribution in [0.25, 0.3) is 0 Å². The molecule has 0 saturated carbocycles. The van der Waals surface area contributed by atoms with Gasteiger partial charge in [0.25, 0.3) is 0 Å². The van der Waals surface area contributed by atoms with Crippen molar-refractivity contribution in [2.45, 2.75) is 32.4 Å². The average Bonchev–Trinajstić information content (AvgIpc) is 2.37. The summed E-state index contributed by atoms with van der Waals surface area (Å²) in [6, 6.07) is 1.12. The quantitative estimate of drug-likeness (QED) is 0.797. The number of piperidine rings is 1. The van der Waals surface area contributed by atoms with Gasteiger partial charge in [0.1, 0.15) is 0 Å². The zero-order valence-corrected chi connectivity index (χ0v) is 13.1. The number of hydrogen-bond acceptors (Lipinski definition) is 2. The maximum atomic E-state index is 3.35. The monoisotopic (exact) mass is 276 g/mol. The molecule has 4 atom stereocenters. The van der Waals surface area contributed by atoms with E-state index in [-0.39, 0.29) is 0 Å². The standard InChI is InChI=1S/C16H25N2P/c1-13-12-18(11-10-16(13)17-19)14(2)15-8-6-4-3-5-7-9-15/h3-9,13-14,16-17H,10-12,19H2,1-2H3/b4-3-,5-3?,6-4?,7-5-,8-6?,9-7?,15-8?,15-9?. The van der Waals surface area contributed by atoms with Crippen LogP contribution in [0, 0.1) is 5.92 Å². The van der Waals surface area contributed by atoms with Crippen molar-refractivity contribution in [2.75, 3.05) is 13.1 Å². The van der Waals surface area contributed by atoms with Gasteiger partial charge in [-0.1, -0.05) is 58.8 Å². The Balaban J connectivity index is 2.02. The van der Waals surface area contributed by atoms with E-state index in [2.05, 4.69) is 75.8 Å². The van der Waals surface area contributed by atoms with Crippen LogP contribution >= 0.6 is 9.39 Å². The summed E-state index contributed by atoms with van der Waals surface area (Å²) >= 11 is 0.